The standard InChI is InChI=1S/C34H36O4S/c1-5-13-27(14-6-1)21-35-25-32-34(38-24-30-19-11-4-12-20-30)33(37-23-29-17-9-3-10-18-29)31(26-39-32)36-22-28-15-7-2-8-16-28/h1-20,31-34H,21-26H2/t31-,32+,33+,34+/m0/s1. The SMILES string of the molecule is c1ccc(COC[C@H]2SC[C@H](OCc3ccccc3)[C@@H](OCc3ccccc3)[C@@H]2OCc2ccccc2)cc1. The minimum absolute atomic E-state index is 0.106. The molecule has 0 N–H and O–H groups in total. The smallest absolute Gasteiger partial charge is 0.112 e. The van der Waals surface area contributed by atoms with E-state index in [1.807, 2.05) is 84.6 Å². The van der Waals surface area contributed by atoms with Crippen molar-refractivity contribution in [1.82, 2.24) is 0 Å². The van der Waals surface area contributed by atoms with Crippen molar-refractivity contribution in [3.63, 3.8) is 0 Å². The van der Waals surface area contributed by atoms with Gasteiger partial charge in [0.15, 0.2) is 0 Å². The van der Waals surface area contributed by atoms with Crippen LogP contribution in [0.25, 0.3) is 0 Å². The Morgan fingerprint density at radius 3 is 1.38 bits per heavy atom. The zero-order valence-electron chi connectivity index (χ0n) is 22.1. The number of thioether (sulfide) groups is 1. The third-order valence-corrected chi connectivity index (χ3v) is 8.16. The van der Waals surface area contributed by atoms with Crippen LogP contribution in [0.4, 0.5) is 0 Å². The van der Waals surface area contributed by atoms with Crippen molar-refractivity contribution >= 4 is 11.8 Å². The first-order valence-corrected chi connectivity index (χ1v) is 14.6. The van der Waals surface area contributed by atoms with E-state index in [2.05, 4.69) is 48.5 Å². The van der Waals surface area contributed by atoms with Gasteiger partial charge in [0.2, 0.25) is 0 Å². The predicted octanol–water partition coefficient (Wildman–Crippen LogP) is 7.07. The Balaban J connectivity index is 1.32. The first kappa shape index (κ1) is 27.6. The van der Waals surface area contributed by atoms with Crippen molar-refractivity contribution in [2.45, 2.75) is 50.0 Å². The lowest BCUT2D eigenvalue weighted by atomic mass is 10.0. The zero-order chi connectivity index (χ0) is 26.5. The monoisotopic (exact) mass is 540 g/mol. The molecule has 5 heteroatoms. The van der Waals surface area contributed by atoms with Gasteiger partial charge in [0, 0.05) is 5.75 Å². The Bertz CT molecular complexity index is 1210. The minimum Gasteiger partial charge on any atom is -0.376 e. The van der Waals surface area contributed by atoms with Crippen LogP contribution in [-0.4, -0.2) is 35.9 Å². The highest BCUT2D eigenvalue weighted by molar-refractivity contribution is 8.00. The molecule has 0 spiro atoms. The molecule has 0 amide bonds. The second kappa shape index (κ2) is 15.0. The van der Waals surface area contributed by atoms with Crippen LogP contribution in [0.5, 0.6) is 0 Å². The first-order valence-electron chi connectivity index (χ1n) is 13.5. The fourth-order valence-corrected chi connectivity index (χ4v) is 6.04. The lowest BCUT2D eigenvalue weighted by Crippen LogP contribution is -2.53. The van der Waals surface area contributed by atoms with Gasteiger partial charge in [-0.2, -0.15) is 11.8 Å². The minimum atomic E-state index is -0.232. The lowest BCUT2D eigenvalue weighted by Gasteiger charge is -2.42. The molecule has 0 unspecified atom stereocenters. The van der Waals surface area contributed by atoms with Gasteiger partial charge in [-0.1, -0.05) is 121 Å². The summed E-state index contributed by atoms with van der Waals surface area (Å²) in [4.78, 5) is 0. The average molecular weight is 541 g/mol. The van der Waals surface area contributed by atoms with Gasteiger partial charge in [-0.15, -0.1) is 0 Å². The number of benzene rings is 4. The molecular weight excluding hydrogens is 504 g/mol. The van der Waals surface area contributed by atoms with Crippen molar-refractivity contribution in [3.05, 3.63) is 144 Å². The summed E-state index contributed by atoms with van der Waals surface area (Å²) < 4.78 is 26.0. The van der Waals surface area contributed by atoms with Crippen molar-refractivity contribution < 1.29 is 18.9 Å². The number of hydrogen-bond acceptors (Lipinski definition) is 5. The normalized spacial score (nSPS) is 21.0. The maximum Gasteiger partial charge on any atom is 0.112 e. The highest BCUT2D eigenvalue weighted by Crippen LogP contribution is 2.34. The summed E-state index contributed by atoms with van der Waals surface area (Å²) in [5.41, 5.74) is 4.59. The van der Waals surface area contributed by atoms with Gasteiger partial charge in [-0.3, -0.25) is 0 Å². The molecule has 4 aromatic carbocycles. The van der Waals surface area contributed by atoms with Crippen molar-refractivity contribution in [2.24, 2.45) is 0 Å². The lowest BCUT2D eigenvalue weighted by molar-refractivity contribution is -0.152. The van der Waals surface area contributed by atoms with Crippen molar-refractivity contribution in [2.75, 3.05) is 12.4 Å². The van der Waals surface area contributed by atoms with Crippen LogP contribution in [0, 0.1) is 0 Å². The van der Waals surface area contributed by atoms with Gasteiger partial charge in [0.25, 0.3) is 0 Å². The zero-order valence-corrected chi connectivity index (χ0v) is 23.0. The number of rotatable bonds is 13. The highest BCUT2D eigenvalue weighted by atomic mass is 32.2. The quantitative estimate of drug-likeness (QED) is 0.181. The Morgan fingerprint density at radius 2 is 0.897 bits per heavy atom. The van der Waals surface area contributed by atoms with Crippen LogP contribution in [0.1, 0.15) is 22.3 Å². The third kappa shape index (κ3) is 8.53. The Hall–Kier alpha value is -2.93. The fourth-order valence-electron chi connectivity index (χ4n) is 4.70. The summed E-state index contributed by atoms with van der Waals surface area (Å²) in [5.74, 6) is 0.816. The predicted molar refractivity (Wildman–Crippen MR) is 157 cm³/mol. The molecule has 39 heavy (non-hydrogen) atoms. The maximum absolute atomic E-state index is 6.66. The molecule has 4 aromatic rings. The number of ether oxygens (including phenoxy) is 4. The molecule has 4 nitrogen and oxygen atoms in total. The molecule has 0 aliphatic carbocycles. The van der Waals surface area contributed by atoms with E-state index < -0.39 is 0 Å². The molecule has 0 bridgehead atoms. The average Bonchev–Trinajstić information content (AvgIpc) is 3.00. The molecule has 1 fully saturated rings. The molecule has 1 heterocycles. The Kier molecular flexibility index (Phi) is 10.6. The first-order chi connectivity index (χ1) is 19.3. The van der Waals surface area contributed by atoms with Crippen molar-refractivity contribution in [1.29, 1.82) is 0 Å². The second-order valence-electron chi connectivity index (χ2n) is 9.73. The summed E-state index contributed by atoms with van der Waals surface area (Å²) in [6, 6.07) is 41.2. The summed E-state index contributed by atoms with van der Waals surface area (Å²) in [6.07, 6.45) is -0.529. The van der Waals surface area contributed by atoms with Gasteiger partial charge in [0.1, 0.15) is 12.2 Å². The molecule has 1 aliphatic heterocycles. The second-order valence-corrected chi connectivity index (χ2v) is 11.0. The van der Waals surface area contributed by atoms with Crippen LogP contribution in [0.15, 0.2) is 121 Å². The number of hydrogen-bond donors (Lipinski definition) is 0. The fraction of sp³-hybridized carbons (Fsp3) is 0.294. The van der Waals surface area contributed by atoms with Crippen LogP contribution in [0.2, 0.25) is 0 Å². The van der Waals surface area contributed by atoms with E-state index in [1.165, 1.54) is 5.56 Å². The van der Waals surface area contributed by atoms with E-state index in [0.29, 0.717) is 33.0 Å². The van der Waals surface area contributed by atoms with Gasteiger partial charge in [0.05, 0.1) is 44.4 Å². The molecule has 4 atom stereocenters. The topological polar surface area (TPSA) is 36.9 Å². The molecular formula is C34H36O4S. The van der Waals surface area contributed by atoms with Gasteiger partial charge in [-0.25, -0.2) is 0 Å². The van der Waals surface area contributed by atoms with E-state index in [0.717, 1.165) is 22.4 Å². The van der Waals surface area contributed by atoms with Gasteiger partial charge < -0.3 is 18.9 Å². The van der Waals surface area contributed by atoms with Crippen LogP contribution in [0.3, 0.4) is 0 Å². The largest absolute Gasteiger partial charge is 0.376 e. The Labute approximate surface area is 236 Å². The Morgan fingerprint density at radius 1 is 0.487 bits per heavy atom. The molecule has 0 aromatic heterocycles. The third-order valence-electron chi connectivity index (χ3n) is 6.80. The summed E-state index contributed by atoms with van der Waals surface area (Å²) in [7, 11) is 0. The molecule has 1 aliphatic rings. The van der Waals surface area contributed by atoms with E-state index in [1.54, 1.807) is 0 Å². The summed E-state index contributed by atoms with van der Waals surface area (Å²) >= 11 is 1.86. The summed E-state index contributed by atoms with van der Waals surface area (Å²) in [5, 5.41) is 0.120. The molecule has 1 saturated heterocycles. The molecule has 0 saturated carbocycles. The maximum atomic E-state index is 6.66. The van der Waals surface area contributed by atoms with Crippen molar-refractivity contribution in [3.8, 4) is 0 Å². The molecule has 0 radical (unpaired) electrons. The molecule has 202 valence electrons. The van der Waals surface area contributed by atoms with E-state index in [-0.39, 0.29) is 23.6 Å². The van der Waals surface area contributed by atoms with E-state index in [9.17, 15) is 0 Å². The molecule has 5 rings (SSSR count). The van der Waals surface area contributed by atoms with E-state index in [4.69, 9.17) is 18.9 Å². The van der Waals surface area contributed by atoms with Gasteiger partial charge in [-0.05, 0) is 22.3 Å². The van der Waals surface area contributed by atoms with Crippen LogP contribution in [-0.2, 0) is 45.4 Å². The van der Waals surface area contributed by atoms with Crippen LogP contribution < -0.4 is 0 Å². The van der Waals surface area contributed by atoms with Gasteiger partial charge >= 0.3 is 0 Å². The van der Waals surface area contributed by atoms with Crippen LogP contribution >= 0.6 is 11.8 Å². The summed E-state index contributed by atoms with van der Waals surface area (Å²) in [6.45, 7) is 2.71. The highest BCUT2D eigenvalue weighted by Gasteiger charge is 2.42. The van der Waals surface area contributed by atoms with E-state index >= 15 is 0 Å².